The first kappa shape index (κ1) is 46.8. The van der Waals surface area contributed by atoms with Gasteiger partial charge in [0.05, 0.1) is 11.8 Å². The van der Waals surface area contributed by atoms with Crippen molar-refractivity contribution in [1.29, 1.82) is 0 Å². The average molecular weight is 777 g/mol. The summed E-state index contributed by atoms with van der Waals surface area (Å²) in [7, 11) is 0. The second-order valence-corrected chi connectivity index (χ2v) is 15.1. The van der Waals surface area contributed by atoms with Crippen LogP contribution in [0.25, 0.3) is 11.1 Å². The molecule has 1 aliphatic rings. The molecule has 12 heteroatoms. The highest BCUT2D eigenvalue weighted by atomic mass is 16.6. The molecular formula is C44H60N2O10. The van der Waals surface area contributed by atoms with Crippen molar-refractivity contribution < 1.29 is 48.8 Å². The van der Waals surface area contributed by atoms with Gasteiger partial charge in [-0.1, -0.05) is 118 Å². The fraction of sp³-hybridized carbons (Fsp3) is 0.477. The molecule has 4 rings (SSSR count). The van der Waals surface area contributed by atoms with Gasteiger partial charge in [0.1, 0.15) is 18.2 Å². The highest BCUT2D eigenvalue weighted by Gasteiger charge is 2.29. The number of rotatable bonds is 16. The summed E-state index contributed by atoms with van der Waals surface area (Å²) in [6.45, 7) is 13.4. The molecule has 0 saturated carbocycles. The third kappa shape index (κ3) is 17.0. The highest BCUT2D eigenvalue weighted by Crippen LogP contribution is 2.44. The van der Waals surface area contributed by atoms with Crippen LogP contribution in [0.5, 0.6) is 0 Å². The summed E-state index contributed by atoms with van der Waals surface area (Å²) in [5.41, 5.74) is 6.07. The van der Waals surface area contributed by atoms with Crippen molar-refractivity contribution in [3.05, 3.63) is 95.1 Å². The van der Waals surface area contributed by atoms with Gasteiger partial charge in [-0.25, -0.2) is 14.4 Å². The average Bonchev–Trinajstić information content (AvgIpc) is 3.46. The van der Waals surface area contributed by atoms with Crippen molar-refractivity contribution in [3.63, 3.8) is 0 Å². The van der Waals surface area contributed by atoms with Crippen LogP contribution in [0.2, 0.25) is 0 Å². The summed E-state index contributed by atoms with van der Waals surface area (Å²) < 4.78 is 10.5. The Morgan fingerprint density at radius 2 is 1.23 bits per heavy atom. The molecule has 0 saturated heterocycles. The van der Waals surface area contributed by atoms with E-state index < -0.39 is 41.7 Å². The number of alkyl carbamates (subject to hydrolysis) is 2. The molecule has 0 radical (unpaired) electrons. The first-order chi connectivity index (χ1) is 26.4. The number of aryl methyl sites for hydroxylation is 1. The number of hydrogen-bond donors (Lipinski definition) is 5. The van der Waals surface area contributed by atoms with Crippen LogP contribution in [0.4, 0.5) is 9.59 Å². The molecule has 12 nitrogen and oxygen atoms in total. The van der Waals surface area contributed by atoms with Crippen molar-refractivity contribution in [1.82, 2.24) is 10.6 Å². The molecule has 56 heavy (non-hydrogen) atoms. The van der Waals surface area contributed by atoms with E-state index >= 15 is 0 Å². The Balaban J connectivity index is 0.000000328. The molecule has 2 amide bonds. The topological polar surface area (TPSA) is 189 Å². The molecule has 0 aromatic heterocycles. The smallest absolute Gasteiger partial charge is 0.408 e. The number of carbonyl (C=O) groups excluding carboxylic acids is 2. The molecule has 0 fully saturated rings. The van der Waals surface area contributed by atoms with E-state index in [4.69, 9.17) is 24.8 Å². The summed E-state index contributed by atoms with van der Waals surface area (Å²) in [6.07, 6.45) is 4.09. The lowest BCUT2D eigenvalue weighted by atomic mass is 9.98. The number of carboxylic acids is 3. The van der Waals surface area contributed by atoms with E-state index in [-0.39, 0.29) is 24.2 Å². The van der Waals surface area contributed by atoms with E-state index in [0.717, 1.165) is 43.2 Å². The first-order valence-electron chi connectivity index (χ1n) is 19.3. The second-order valence-electron chi connectivity index (χ2n) is 15.1. The largest absolute Gasteiger partial charge is 0.481 e. The maximum absolute atomic E-state index is 12.0. The Morgan fingerprint density at radius 3 is 1.71 bits per heavy atom. The number of amides is 2. The predicted octanol–water partition coefficient (Wildman–Crippen LogP) is 8.83. The van der Waals surface area contributed by atoms with Crippen molar-refractivity contribution >= 4 is 30.1 Å². The van der Waals surface area contributed by atoms with E-state index in [0.29, 0.717) is 19.6 Å². The summed E-state index contributed by atoms with van der Waals surface area (Å²) in [4.78, 5) is 55.8. The van der Waals surface area contributed by atoms with E-state index in [1.54, 1.807) is 34.6 Å². The predicted molar refractivity (Wildman–Crippen MR) is 216 cm³/mol. The van der Waals surface area contributed by atoms with Gasteiger partial charge in [-0.05, 0) is 74.8 Å². The minimum atomic E-state index is -1.09. The van der Waals surface area contributed by atoms with Gasteiger partial charge in [0.15, 0.2) is 0 Å². The molecule has 306 valence electrons. The standard InChI is InChI=1S/C22H25NO4.C15H21NO4.C7H14O2/c1-15(21(24)25)8-6-7-13-23-22(26)27-14-20-18-11-4-2-9-16(18)17-10-3-5-12-19(17)20;1-10-5-7-11(8-6-10)9-12(13(17)18)16-14(19)20-15(2,3)4;1-3-4-5-6(2)7(8)9/h2-5,9-12,15,20H,6-8,13-14H2,1H3,(H,23,26)(H,24,25);5-8,12H,9H2,1-4H3,(H,16,19)(H,17,18);6H,3-5H2,1-2H3,(H,8,9)/t15-;12-;6-/m111/s1. The fourth-order valence-electron chi connectivity index (χ4n) is 5.78. The van der Waals surface area contributed by atoms with E-state index in [9.17, 15) is 24.0 Å². The molecular weight excluding hydrogens is 716 g/mol. The molecule has 3 aromatic rings. The number of ether oxygens (including phenoxy) is 2. The molecule has 0 unspecified atom stereocenters. The molecule has 3 aromatic carbocycles. The van der Waals surface area contributed by atoms with Crippen LogP contribution < -0.4 is 10.6 Å². The number of hydrogen-bond acceptors (Lipinski definition) is 7. The summed E-state index contributed by atoms with van der Waals surface area (Å²) in [6, 6.07) is 23.0. The number of unbranched alkanes of at least 4 members (excludes halogenated alkanes) is 2. The van der Waals surface area contributed by atoms with E-state index in [1.807, 2.05) is 55.5 Å². The minimum Gasteiger partial charge on any atom is -0.481 e. The Hall–Kier alpha value is -5.39. The number of nitrogens with one attached hydrogen (secondary N) is 2. The minimum absolute atomic E-state index is 0.0552. The molecule has 0 aliphatic heterocycles. The van der Waals surface area contributed by atoms with Gasteiger partial charge in [-0.2, -0.15) is 0 Å². The lowest BCUT2D eigenvalue weighted by Gasteiger charge is -2.22. The van der Waals surface area contributed by atoms with Gasteiger partial charge in [0, 0.05) is 18.9 Å². The lowest BCUT2D eigenvalue weighted by Crippen LogP contribution is -2.44. The molecule has 3 atom stereocenters. The number of carbonyl (C=O) groups is 5. The number of aliphatic carboxylic acids is 3. The van der Waals surface area contributed by atoms with Crippen LogP contribution in [0, 0.1) is 18.8 Å². The van der Waals surface area contributed by atoms with Gasteiger partial charge < -0.3 is 35.4 Å². The van der Waals surface area contributed by atoms with Crippen molar-refractivity contribution in [2.24, 2.45) is 11.8 Å². The van der Waals surface area contributed by atoms with Crippen LogP contribution in [0.15, 0.2) is 72.8 Å². The van der Waals surface area contributed by atoms with Crippen molar-refractivity contribution in [3.8, 4) is 11.1 Å². The van der Waals surface area contributed by atoms with Crippen molar-refractivity contribution in [2.75, 3.05) is 13.2 Å². The monoisotopic (exact) mass is 776 g/mol. The quantitative estimate of drug-likeness (QED) is 0.0880. The van der Waals surface area contributed by atoms with E-state index in [2.05, 4.69) is 41.8 Å². The van der Waals surface area contributed by atoms with Crippen LogP contribution in [-0.4, -0.2) is 70.2 Å². The number of carboxylic acid groups (broad SMARTS) is 3. The van der Waals surface area contributed by atoms with Gasteiger partial charge in [0.2, 0.25) is 0 Å². The van der Waals surface area contributed by atoms with E-state index in [1.165, 1.54) is 22.3 Å². The Morgan fingerprint density at radius 1 is 0.714 bits per heavy atom. The zero-order chi connectivity index (χ0) is 41.8. The SMILES string of the molecule is CCCC[C@@H](C)C(=O)O.C[C@H](CCCCNC(=O)OCC1c2ccccc2-c2ccccc21)C(=O)O.Cc1ccc(C[C@@H](NC(=O)OC(C)(C)C)C(=O)O)cc1. The third-order valence-corrected chi connectivity index (χ3v) is 9.06. The Kier molecular flexibility index (Phi) is 19.6. The molecule has 1 aliphatic carbocycles. The Labute approximate surface area is 331 Å². The first-order valence-corrected chi connectivity index (χ1v) is 19.3. The van der Waals surface area contributed by atoms with Gasteiger partial charge in [0.25, 0.3) is 0 Å². The fourth-order valence-corrected chi connectivity index (χ4v) is 5.78. The summed E-state index contributed by atoms with van der Waals surface area (Å²) in [5, 5.41) is 31.5. The molecule has 0 spiro atoms. The van der Waals surface area contributed by atoms with Crippen LogP contribution in [0.1, 0.15) is 108 Å². The summed E-state index contributed by atoms with van der Waals surface area (Å²) >= 11 is 0. The highest BCUT2D eigenvalue weighted by molar-refractivity contribution is 5.80. The van der Waals surface area contributed by atoms with Crippen LogP contribution in [0.3, 0.4) is 0 Å². The normalized spacial score (nSPS) is 13.1. The third-order valence-electron chi connectivity index (χ3n) is 9.06. The maximum Gasteiger partial charge on any atom is 0.408 e. The summed E-state index contributed by atoms with van der Waals surface area (Å²) in [5.74, 6) is -3.00. The van der Waals surface area contributed by atoms with Gasteiger partial charge in [-0.15, -0.1) is 0 Å². The number of fused-ring (bicyclic) bond motifs is 3. The van der Waals surface area contributed by atoms with Crippen LogP contribution in [-0.2, 0) is 30.3 Å². The lowest BCUT2D eigenvalue weighted by molar-refractivity contribution is -0.142. The second kappa shape index (κ2) is 23.5. The Bertz CT molecular complexity index is 1670. The van der Waals surface area contributed by atoms with Gasteiger partial charge >= 0.3 is 30.1 Å². The van der Waals surface area contributed by atoms with Gasteiger partial charge in [-0.3, -0.25) is 9.59 Å². The zero-order valence-corrected chi connectivity index (χ0v) is 33.8. The molecule has 0 bridgehead atoms. The molecule has 0 heterocycles. The maximum atomic E-state index is 12.0. The zero-order valence-electron chi connectivity index (χ0n) is 33.8. The van der Waals surface area contributed by atoms with Crippen molar-refractivity contribution in [2.45, 2.75) is 111 Å². The molecule has 5 N–H and O–H groups in total. The van der Waals surface area contributed by atoms with Crippen LogP contribution >= 0.6 is 0 Å². The number of benzene rings is 3.